The monoisotopic (exact) mass is 448 g/mol. The van der Waals surface area contributed by atoms with Crippen molar-refractivity contribution >= 4 is 29.4 Å². The zero-order valence-corrected chi connectivity index (χ0v) is 19.2. The molecule has 11 heteroatoms. The molecule has 1 saturated heterocycles. The first kappa shape index (κ1) is 23.6. The number of nitrogens with one attached hydrogen (secondary N) is 2. The van der Waals surface area contributed by atoms with Gasteiger partial charge in [-0.05, 0) is 37.5 Å². The Bertz CT molecular complexity index is 1050. The standard InChI is InChI=1S/C21H32N6O5/c1-11(2)8-25(15-16(22)26(9-12(3)4)19(31)23-17(15)29)14(28)10-27-18(30)21(5,13-6-7-13)24-20(27)32/h11-13H,6-10,22H2,1-5H3,(H,24,32)(H,23,29,31). The minimum Gasteiger partial charge on any atom is -0.383 e. The zero-order valence-electron chi connectivity index (χ0n) is 19.2. The molecule has 1 atom stereocenters. The van der Waals surface area contributed by atoms with Crippen LogP contribution in [0.2, 0.25) is 0 Å². The third-order valence-corrected chi connectivity index (χ3v) is 5.87. The number of anilines is 2. The quantitative estimate of drug-likeness (QED) is 0.492. The maximum absolute atomic E-state index is 13.3. The largest absolute Gasteiger partial charge is 0.383 e. The minimum atomic E-state index is -1.01. The van der Waals surface area contributed by atoms with Crippen LogP contribution in [0.25, 0.3) is 0 Å². The average molecular weight is 449 g/mol. The van der Waals surface area contributed by atoms with Gasteiger partial charge in [-0.15, -0.1) is 0 Å². The summed E-state index contributed by atoms with van der Waals surface area (Å²) in [5.74, 6) is -1.13. The lowest BCUT2D eigenvalue weighted by Crippen LogP contribution is -2.49. The molecule has 4 amide bonds. The number of nitrogens with two attached hydrogens (primary N) is 1. The molecule has 0 spiro atoms. The van der Waals surface area contributed by atoms with E-state index in [0.717, 1.165) is 17.7 Å². The summed E-state index contributed by atoms with van der Waals surface area (Å²) < 4.78 is 1.22. The summed E-state index contributed by atoms with van der Waals surface area (Å²) in [5.41, 5.74) is 3.58. The van der Waals surface area contributed by atoms with Crippen LogP contribution in [0.15, 0.2) is 9.59 Å². The second-order valence-electron chi connectivity index (χ2n) is 9.69. The Morgan fingerprint density at radius 3 is 2.31 bits per heavy atom. The van der Waals surface area contributed by atoms with E-state index in [1.807, 2.05) is 27.7 Å². The molecule has 1 unspecified atom stereocenters. The van der Waals surface area contributed by atoms with Gasteiger partial charge >= 0.3 is 11.7 Å². The van der Waals surface area contributed by atoms with Crippen LogP contribution in [0.1, 0.15) is 47.5 Å². The van der Waals surface area contributed by atoms with Crippen molar-refractivity contribution in [1.82, 2.24) is 19.8 Å². The minimum absolute atomic E-state index is 0.0527. The number of carbonyl (C=O) groups is 3. The summed E-state index contributed by atoms with van der Waals surface area (Å²) in [6.45, 7) is 9.01. The van der Waals surface area contributed by atoms with Crippen LogP contribution in [0, 0.1) is 17.8 Å². The smallest absolute Gasteiger partial charge is 0.330 e. The van der Waals surface area contributed by atoms with Gasteiger partial charge in [0.15, 0.2) is 5.69 Å². The Balaban J connectivity index is 1.96. The van der Waals surface area contributed by atoms with E-state index >= 15 is 0 Å². The molecule has 11 nitrogen and oxygen atoms in total. The highest BCUT2D eigenvalue weighted by Crippen LogP contribution is 2.42. The molecule has 2 heterocycles. The second-order valence-corrected chi connectivity index (χ2v) is 9.69. The van der Waals surface area contributed by atoms with Crippen molar-refractivity contribution in [2.45, 2.75) is 59.5 Å². The summed E-state index contributed by atoms with van der Waals surface area (Å²) in [4.78, 5) is 68.0. The molecule has 2 fully saturated rings. The first-order valence-corrected chi connectivity index (χ1v) is 10.9. The summed E-state index contributed by atoms with van der Waals surface area (Å²) in [6.07, 6.45) is 1.68. The molecule has 1 aliphatic carbocycles. The van der Waals surface area contributed by atoms with E-state index in [9.17, 15) is 24.0 Å². The summed E-state index contributed by atoms with van der Waals surface area (Å²) in [6, 6.07) is -0.631. The molecule has 1 saturated carbocycles. The Morgan fingerprint density at radius 2 is 1.78 bits per heavy atom. The maximum atomic E-state index is 13.3. The molecular weight excluding hydrogens is 416 g/mol. The lowest BCUT2D eigenvalue weighted by atomic mass is 9.96. The Hall–Kier alpha value is -3.11. The van der Waals surface area contributed by atoms with Crippen LogP contribution in [0.5, 0.6) is 0 Å². The third kappa shape index (κ3) is 4.28. The van der Waals surface area contributed by atoms with Gasteiger partial charge in [-0.25, -0.2) is 9.59 Å². The fraction of sp³-hybridized carbons (Fsp3) is 0.667. The van der Waals surface area contributed by atoms with Crippen LogP contribution in [-0.2, 0) is 16.1 Å². The number of nitrogen functional groups attached to an aromatic ring is 1. The van der Waals surface area contributed by atoms with Gasteiger partial charge in [0.25, 0.3) is 11.5 Å². The third-order valence-electron chi connectivity index (χ3n) is 5.87. The molecule has 0 bridgehead atoms. The van der Waals surface area contributed by atoms with Gasteiger partial charge in [0.05, 0.1) is 0 Å². The van der Waals surface area contributed by atoms with Crippen molar-refractivity contribution in [3.63, 3.8) is 0 Å². The van der Waals surface area contributed by atoms with Gasteiger partial charge in [-0.2, -0.15) is 0 Å². The van der Waals surface area contributed by atoms with E-state index in [1.54, 1.807) is 6.92 Å². The molecule has 3 rings (SSSR count). The van der Waals surface area contributed by atoms with Crippen molar-refractivity contribution in [1.29, 1.82) is 0 Å². The van der Waals surface area contributed by atoms with Crippen LogP contribution < -0.4 is 27.2 Å². The van der Waals surface area contributed by atoms with Crippen molar-refractivity contribution in [2.24, 2.45) is 17.8 Å². The van der Waals surface area contributed by atoms with Gasteiger partial charge in [0, 0.05) is 13.1 Å². The van der Waals surface area contributed by atoms with Gasteiger partial charge in [0.1, 0.15) is 17.9 Å². The van der Waals surface area contributed by atoms with Crippen molar-refractivity contribution in [3.05, 3.63) is 20.8 Å². The number of aromatic amines is 1. The predicted octanol–water partition coefficient (Wildman–Crippen LogP) is 0.484. The van der Waals surface area contributed by atoms with Crippen LogP contribution in [-0.4, -0.2) is 50.9 Å². The van der Waals surface area contributed by atoms with E-state index in [1.165, 1.54) is 9.47 Å². The molecule has 0 radical (unpaired) electrons. The Morgan fingerprint density at radius 1 is 1.16 bits per heavy atom. The molecule has 2 aliphatic rings. The van der Waals surface area contributed by atoms with Gasteiger partial charge < -0.3 is 16.0 Å². The number of aromatic nitrogens is 2. The number of hydrogen-bond acceptors (Lipinski definition) is 6. The molecule has 1 aromatic rings. The van der Waals surface area contributed by atoms with E-state index < -0.39 is 41.2 Å². The van der Waals surface area contributed by atoms with Crippen LogP contribution >= 0.6 is 0 Å². The number of nitrogens with zero attached hydrogens (tertiary/aromatic N) is 3. The molecular formula is C21H32N6O5. The Labute approximate surface area is 185 Å². The Kier molecular flexibility index (Phi) is 6.21. The SMILES string of the molecule is CC(C)CN(C(=O)CN1C(=O)NC(C)(C2CC2)C1=O)c1c(N)n(CC(C)C)c(=O)[nH]c1=O. The lowest BCUT2D eigenvalue weighted by Gasteiger charge is -2.28. The zero-order chi connectivity index (χ0) is 24.0. The maximum Gasteiger partial charge on any atom is 0.330 e. The molecule has 1 aliphatic heterocycles. The molecule has 176 valence electrons. The van der Waals surface area contributed by atoms with Crippen molar-refractivity contribution in [3.8, 4) is 0 Å². The molecule has 1 aromatic heterocycles. The highest BCUT2D eigenvalue weighted by atomic mass is 16.2. The number of urea groups is 1. The highest BCUT2D eigenvalue weighted by Gasteiger charge is 2.56. The number of imide groups is 1. The predicted molar refractivity (Wildman–Crippen MR) is 119 cm³/mol. The molecule has 4 N–H and O–H groups in total. The first-order chi connectivity index (χ1) is 14.9. The van der Waals surface area contributed by atoms with E-state index in [2.05, 4.69) is 10.3 Å². The number of rotatable bonds is 8. The number of H-pyrrole nitrogens is 1. The topological polar surface area (TPSA) is 151 Å². The normalized spacial score (nSPS) is 20.9. The molecule has 0 aromatic carbocycles. The second kappa shape index (κ2) is 8.44. The number of hydrogen-bond donors (Lipinski definition) is 3. The van der Waals surface area contributed by atoms with Gasteiger partial charge in [-0.3, -0.25) is 28.8 Å². The number of carbonyl (C=O) groups excluding carboxylic acids is 3. The fourth-order valence-electron chi connectivity index (χ4n) is 4.08. The summed E-state index contributed by atoms with van der Waals surface area (Å²) >= 11 is 0. The number of amides is 4. The lowest BCUT2D eigenvalue weighted by molar-refractivity contribution is -0.134. The average Bonchev–Trinajstić information content (AvgIpc) is 3.49. The van der Waals surface area contributed by atoms with Crippen LogP contribution in [0.3, 0.4) is 0 Å². The van der Waals surface area contributed by atoms with Crippen molar-refractivity contribution < 1.29 is 14.4 Å². The van der Waals surface area contributed by atoms with E-state index in [4.69, 9.17) is 5.73 Å². The van der Waals surface area contributed by atoms with Crippen molar-refractivity contribution in [2.75, 3.05) is 23.7 Å². The summed E-state index contributed by atoms with van der Waals surface area (Å²) in [5, 5.41) is 2.71. The van der Waals surface area contributed by atoms with Crippen LogP contribution in [0.4, 0.5) is 16.3 Å². The summed E-state index contributed by atoms with van der Waals surface area (Å²) in [7, 11) is 0. The van der Waals surface area contributed by atoms with Gasteiger partial charge in [0.2, 0.25) is 5.91 Å². The van der Waals surface area contributed by atoms with E-state index in [0.29, 0.717) is 0 Å². The fourth-order valence-corrected chi connectivity index (χ4v) is 4.08. The van der Waals surface area contributed by atoms with Gasteiger partial charge in [-0.1, -0.05) is 27.7 Å². The molecule has 32 heavy (non-hydrogen) atoms. The van der Waals surface area contributed by atoms with E-state index in [-0.39, 0.29) is 42.3 Å². The first-order valence-electron chi connectivity index (χ1n) is 10.9. The highest BCUT2D eigenvalue weighted by molar-refractivity contribution is 6.10.